The summed E-state index contributed by atoms with van der Waals surface area (Å²) in [6.07, 6.45) is 4.35. The van der Waals surface area contributed by atoms with Crippen molar-refractivity contribution >= 4 is 10.2 Å². The Morgan fingerprint density at radius 2 is 2.11 bits per heavy atom. The lowest BCUT2D eigenvalue weighted by Gasteiger charge is -2.33. The van der Waals surface area contributed by atoms with Crippen molar-refractivity contribution in [3.63, 3.8) is 0 Å². The summed E-state index contributed by atoms with van der Waals surface area (Å²) in [5.74, 6) is 0.878. The average Bonchev–Trinajstić information content (AvgIpc) is 2.39. The van der Waals surface area contributed by atoms with Gasteiger partial charge in [0, 0.05) is 19.1 Å². The minimum Gasteiger partial charge on any atom is -0.316 e. The van der Waals surface area contributed by atoms with E-state index in [0.29, 0.717) is 24.9 Å². The first kappa shape index (κ1) is 15.2. The molecule has 0 radical (unpaired) electrons. The van der Waals surface area contributed by atoms with Gasteiger partial charge in [0.1, 0.15) is 0 Å². The standard InChI is InChI=1S/C13H27N3O2S/c1-11-5-4-8-16(10-11)19(17,18)15-12(2)13-6-3-7-14-9-13/h11-15H,3-10H2,1-2H3. The second-order valence-corrected chi connectivity index (χ2v) is 7.83. The zero-order chi connectivity index (χ0) is 13.9. The van der Waals surface area contributed by atoms with Crippen LogP contribution in [0, 0.1) is 11.8 Å². The second kappa shape index (κ2) is 6.52. The summed E-state index contributed by atoms with van der Waals surface area (Å²) < 4.78 is 29.3. The van der Waals surface area contributed by atoms with E-state index in [9.17, 15) is 8.42 Å². The molecular formula is C13H27N3O2S. The fourth-order valence-electron chi connectivity index (χ4n) is 3.08. The van der Waals surface area contributed by atoms with Crippen molar-refractivity contribution in [3.8, 4) is 0 Å². The lowest BCUT2D eigenvalue weighted by atomic mass is 9.94. The molecule has 2 aliphatic heterocycles. The van der Waals surface area contributed by atoms with Gasteiger partial charge in [-0.25, -0.2) is 0 Å². The highest BCUT2D eigenvalue weighted by Crippen LogP contribution is 2.20. The van der Waals surface area contributed by atoms with E-state index in [4.69, 9.17) is 0 Å². The van der Waals surface area contributed by atoms with E-state index in [1.165, 1.54) is 0 Å². The van der Waals surface area contributed by atoms with Gasteiger partial charge in [0.25, 0.3) is 10.2 Å². The molecule has 0 aliphatic carbocycles. The van der Waals surface area contributed by atoms with Crippen LogP contribution in [0.25, 0.3) is 0 Å². The van der Waals surface area contributed by atoms with Crippen molar-refractivity contribution in [2.24, 2.45) is 11.8 Å². The molecule has 2 heterocycles. The second-order valence-electron chi connectivity index (χ2n) is 6.12. The van der Waals surface area contributed by atoms with Gasteiger partial charge in [0.2, 0.25) is 0 Å². The van der Waals surface area contributed by atoms with Gasteiger partial charge < -0.3 is 5.32 Å². The molecule has 0 aromatic heterocycles. The Bertz CT molecular complexity index is 379. The molecule has 112 valence electrons. The molecular weight excluding hydrogens is 262 g/mol. The molecule has 3 unspecified atom stereocenters. The zero-order valence-corrected chi connectivity index (χ0v) is 12.9. The lowest BCUT2D eigenvalue weighted by molar-refractivity contribution is 0.268. The van der Waals surface area contributed by atoms with Crippen LogP contribution in [0.15, 0.2) is 0 Å². The van der Waals surface area contributed by atoms with Crippen molar-refractivity contribution in [1.82, 2.24) is 14.3 Å². The summed E-state index contributed by atoms with van der Waals surface area (Å²) >= 11 is 0. The summed E-state index contributed by atoms with van der Waals surface area (Å²) in [7, 11) is -3.31. The first-order chi connectivity index (χ1) is 8.99. The molecule has 0 aromatic rings. The molecule has 2 N–H and O–H groups in total. The first-order valence-electron chi connectivity index (χ1n) is 7.47. The number of nitrogens with zero attached hydrogens (tertiary/aromatic N) is 1. The van der Waals surface area contributed by atoms with Crippen LogP contribution in [0.4, 0.5) is 0 Å². The minimum atomic E-state index is -3.31. The van der Waals surface area contributed by atoms with Crippen molar-refractivity contribution < 1.29 is 8.42 Å². The van der Waals surface area contributed by atoms with Crippen LogP contribution in [0.1, 0.15) is 39.5 Å². The molecule has 2 saturated heterocycles. The Morgan fingerprint density at radius 3 is 2.74 bits per heavy atom. The highest BCUT2D eigenvalue weighted by atomic mass is 32.2. The number of hydrogen-bond acceptors (Lipinski definition) is 3. The summed E-state index contributed by atoms with van der Waals surface area (Å²) in [6.45, 7) is 7.40. The predicted molar refractivity (Wildman–Crippen MR) is 77.1 cm³/mol. The molecule has 0 saturated carbocycles. The Kier molecular flexibility index (Phi) is 5.22. The summed E-state index contributed by atoms with van der Waals surface area (Å²) in [5.41, 5.74) is 0. The fourth-order valence-corrected chi connectivity index (χ4v) is 4.71. The Hall–Kier alpha value is -0.170. The largest absolute Gasteiger partial charge is 0.316 e. The molecule has 0 spiro atoms. The van der Waals surface area contributed by atoms with Crippen LogP contribution < -0.4 is 10.0 Å². The normalized spacial score (nSPS) is 32.1. The average molecular weight is 289 g/mol. The van der Waals surface area contributed by atoms with Crippen LogP contribution in [-0.4, -0.2) is 44.9 Å². The van der Waals surface area contributed by atoms with Gasteiger partial charge in [-0.15, -0.1) is 0 Å². The summed E-state index contributed by atoms with van der Waals surface area (Å²) in [6, 6.07) is 0.00929. The summed E-state index contributed by atoms with van der Waals surface area (Å²) in [5, 5.41) is 3.34. The number of rotatable bonds is 4. The maximum Gasteiger partial charge on any atom is 0.279 e. The van der Waals surface area contributed by atoms with Gasteiger partial charge >= 0.3 is 0 Å². The molecule has 0 aromatic carbocycles. The molecule has 0 amide bonds. The molecule has 2 rings (SSSR count). The van der Waals surface area contributed by atoms with E-state index < -0.39 is 10.2 Å². The SMILES string of the molecule is CC1CCCN(S(=O)(=O)NC(C)C2CCCNC2)C1. The third kappa shape index (κ3) is 4.15. The lowest BCUT2D eigenvalue weighted by Crippen LogP contribution is -2.51. The Balaban J connectivity index is 1.92. The van der Waals surface area contributed by atoms with Crippen LogP contribution in [-0.2, 0) is 10.2 Å². The van der Waals surface area contributed by atoms with Gasteiger partial charge in [-0.2, -0.15) is 17.4 Å². The molecule has 5 nitrogen and oxygen atoms in total. The van der Waals surface area contributed by atoms with E-state index in [1.807, 2.05) is 6.92 Å². The predicted octanol–water partition coefficient (Wildman–Crippen LogP) is 0.941. The zero-order valence-electron chi connectivity index (χ0n) is 12.1. The summed E-state index contributed by atoms with van der Waals surface area (Å²) in [4.78, 5) is 0. The monoisotopic (exact) mass is 289 g/mol. The maximum absolute atomic E-state index is 12.4. The quantitative estimate of drug-likeness (QED) is 0.810. The van der Waals surface area contributed by atoms with Gasteiger partial charge in [-0.3, -0.25) is 0 Å². The van der Waals surface area contributed by atoms with E-state index >= 15 is 0 Å². The van der Waals surface area contributed by atoms with Crippen molar-refractivity contribution in [2.75, 3.05) is 26.2 Å². The van der Waals surface area contributed by atoms with Crippen LogP contribution in [0.5, 0.6) is 0 Å². The molecule has 2 fully saturated rings. The van der Waals surface area contributed by atoms with E-state index in [1.54, 1.807) is 4.31 Å². The van der Waals surface area contributed by atoms with Crippen LogP contribution in [0.3, 0.4) is 0 Å². The fraction of sp³-hybridized carbons (Fsp3) is 1.00. The van der Waals surface area contributed by atoms with Crippen molar-refractivity contribution in [1.29, 1.82) is 0 Å². The van der Waals surface area contributed by atoms with Crippen LogP contribution >= 0.6 is 0 Å². The van der Waals surface area contributed by atoms with Gasteiger partial charge in [-0.1, -0.05) is 6.92 Å². The molecule has 3 atom stereocenters. The smallest absolute Gasteiger partial charge is 0.279 e. The minimum absolute atomic E-state index is 0.00929. The molecule has 0 bridgehead atoms. The van der Waals surface area contributed by atoms with Crippen LogP contribution in [0.2, 0.25) is 0 Å². The van der Waals surface area contributed by atoms with Crippen molar-refractivity contribution in [2.45, 2.75) is 45.6 Å². The molecule has 19 heavy (non-hydrogen) atoms. The van der Waals surface area contributed by atoms with Crippen molar-refractivity contribution in [3.05, 3.63) is 0 Å². The Labute approximate surface area is 117 Å². The van der Waals surface area contributed by atoms with E-state index in [0.717, 1.165) is 38.8 Å². The number of nitrogens with one attached hydrogen (secondary N) is 2. The number of piperidine rings is 2. The highest BCUT2D eigenvalue weighted by molar-refractivity contribution is 7.87. The van der Waals surface area contributed by atoms with E-state index in [2.05, 4.69) is 17.0 Å². The first-order valence-corrected chi connectivity index (χ1v) is 8.91. The molecule has 6 heteroatoms. The maximum atomic E-state index is 12.4. The van der Waals surface area contributed by atoms with Gasteiger partial charge in [0.15, 0.2) is 0 Å². The van der Waals surface area contributed by atoms with Gasteiger partial charge in [-0.05, 0) is 57.5 Å². The number of hydrogen-bond donors (Lipinski definition) is 2. The molecule has 2 aliphatic rings. The topological polar surface area (TPSA) is 61.4 Å². The highest BCUT2D eigenvalue weighted by Gasteiger charge is 2.30. The van der Waals surface area contributed by atoms with E-state index in [-0.39, 0.29) is 6.04 Å². The van der Waals surface area contributed by atoms with Gasteiger partial charge in [0.05, 0.1) is 0 Å². The Morgan fingerprint density at radius 1 is 1.32 bits per heavy atom. The third-order valence-electron chi connectivity index (χ3n) is 4.34. The third-order valence-corrected chi connectivity index (χ3v) is 6.02.